The molecule has 0 bridgehead atoms. The van der Waals surface area contributed by atoms with Crippen molar-refractivity contribution in [1.82, 2.24) is 15.5 Å². The van der Waals surface area contributed by atoms with Crippen LogP contribution in [0.25, 0.3) is 11.5 Å². The van der Waals surface area contributed by atoms with E-state index in [1.54, 1.807) is 0 Å². The summed E-state index contributed by atoms with van der Waals surface area (Å²) < 4.78 is 5.32. The summed E-state index contributed by atoms with van der Waals surface area (Å²) in [6.45, 7) is 1.56. The van der Waals surface area contributed by atoms with Crippen LogP contribution in [0.5, 0.6) is 0 Å². The number of benzene rings is 1. The Hall–Kier alpha value is -2.37. The van der Waals surface area contributed by atoms with Gasteiger partial charge in [0, 0.05) is 31.0 Å². The van der Waals surface area contributed by atoms with Crippen molar-refractivity contribution in [1.29, 1.82) is 0 Å². The zero-order chi connectivity index (χ0) is 13.5. The molecule has 1 aromatic carbocycles. The maximum absolute atomic E-state index is 11.3. The molecule has 2 fully saturated rings. The van der Waals surface area contributed by atoms with Gasteiger partial charge in [-0.05, 0) is 17.3 Å². The molecule has 0 saturated carbocycles. The largest absolute Gasteiger partial charge is 0.351 e. The van der Waals surface area contributed by atoms with Gasteiger partial charge in [-0.15, -0.1) is 0 Å². The first-order valence-electron chi connectivity index (χ1n) is 6.73. The van der Waals surface area contributed by atoms with E-state index in [9.17, 15) is 4.79 Å². The van der Waals surface area contributed by atoms with E-state index in [4.69, 9.17) is 4.52 Å². The number of hydrogen-bond acceptors (Lipinski definition) is 5. The molecule has 6 heteroatoms. The SMILES string of the molecule is O=C1C[C@H]2CN(c3noc(-c4ccccc4)n3)C[C@H]2N1. The number of hydrogen-bond donors (Lipinski definition) is 1. The van der Waals surface area contributed by atoms with Crippen molar-refractivity contribution >= 4 is 11.9 Å². The molecule has 1 N–H and O–H groups in total. The molecular formula is C14H14N4O2. The third-order valence-corrected chi connectivity index (χ3v) is 3.95. The predicted molar refractivity (Wildman–Crippen MR) is 72.0 cm³/mol. The molecule has 2 atom stereocenters. The van der Waals surface area contributed by atoms with E-state index in [-0.39, 0.29) is 11.9 Å². The lowest BCUT2D eigenvalue weighted by Crippen LogP contribution is -2.32. The third-order valence-electron chi connectivity index (χ3n) is 3.95. The second kappa shape index (κ2) is 4.33. The number of nitrogens with zero attached hydrogens (tertiary/aromatic N) is 3. The minimum absolute atomic E-state index is 0.151. The van der Waals surface area contributed by atoms with Crippen molar-refractivity contribution in [2.24, 2.45) is 5.92 Å². The number of fused-ring (bicyclic) bond motifs is 1. The van der Waals surface area contributed by atoms with Crippen LogP contribution in [0.15, 0.2) is 34.9 Å². The molecular weight excluding hydrogens is 256 g/mol. The van der Waals surface area contributed by atoms with Gasteiger partial charge >= 0.3 is 0 Å². The van der Waals surface area contributed by atoms with Crippen molar-refractivity contribution in [3.63, 3.8) is 0 Å². The van der Waals surface area contributed by atoms with Crippen LogP contribution < -0.4 is 10.2 Å². The molecule has 0 radical (unpaired) electrons. The number of carbonyl (C=O) groups is 1. The van der Waals surface area contributed by atoms with Gasteiger partial charge in [-0.3, -0.25) is 4.79 Å². The van der Waals surface area contributed by atoms with E-state index in [2.05, 4.69) is 20.4 Å². The molecule has 0 aliphatic carbocycles. The fourth-order valence-corrected chi connectivity index (χ4v) is 2.95. The van der Waals surface area contributed by atoms with E-state index in [1.807, 2.05) is 30.3 Å². The Bertz CT molecular complexity index is 624. The minimum atomic E-state index is 0.151. The first kappa shape index (κ1) is 11.5. The normalized spacial score (nSPS) is 24.8. The zero-order valence-electron chi connectivity index (χ0n) is 10.8. The summed E-state index contributed by atoms with van der Waals surface area (Å²) in [6.07, 6.45) is 0.602. The molecule has 0 unspecified atom stereocenters. The van der Waals surface area contributed by atoms with Crippen LogP contribution in [-0.4, -0.2) is 35.2 Å². The molecule has 20 heavy (non-hydrogen) atoms. The molecule has 6 nitrogen and oxygen atoms in total. The van der Waals surface area contributed by atoms with Gasteiger partial charge in [-0.2, -0.15) is 4.98 Å². The van der Waals surface area contributed by atoms with Gasteiger partial charge in [0.1, 0.15) is 0 Å². The Labute approximate surface area is 115 Å². The van der Waals surface area contributed by atoms with Gasteiger partial charge in [-0.1, -0.05) is 18.2 Å². The van der Waals surface area contributed by atoms with Gasteiger partial charge < -0.3 is 14.7 Å². The topological polar surface area (TPSA) is 71.3 Å². The van der Waals surface area contributed by atoms with E-state index in [0.29, 0.717) is 24.2 Å². The number of amides is 1. The van der Waals surface area contributed by atoms with Crippen molar-refractivity contribution in [2.45, 2.75) is 12.5 Å². The second-order valence-corrected chi connectivity index (χ2v) is 5.31. The van der Waals surface area contributed by atoms with Gasteiger partial charge in [0.2, 0.25) is 5.91 Å². The highest BCUT2D eigenvalue weighted by molar-refractivity contribution is 5.79. The van der Waals surface area contributed by atoms with Crippen LogP contribution in [-0.2, 0) is 4.79 Å². The average Bonchev–Trinajstić information content (AvgIpc) is 3.12. The molecule has 2 aliphatic heterocycles. The standard InChI is InChI=1S/C14H14N4O2/c19-12-6-10-7-18(8-11(10)15-12)14-16-13(20-17-14)9-4-2-1-3-5-9/h1-5,10-11H,6-8H2,(H,15,19)/t10-,11+/m0/s1. The molecule has 2 aliphatic rings. The Morgan fingerprint density at radius 1 is 1.25 bits per heavy atom. The number of carbonyl (C=O) groups excluding carboxylic acids is 1. The van der Waals surface area contributed by atoms with Crippen LogP contribution in [0.3, 0.4) is 0 Å². The summed E-state index contributed by atoms with van der Waals surface area (Å²) >= 11 is 0. The average molecular weight is 270 g/mol. The Morgan fingerprint density at radius 3 is 2.90 bits per heavy atom. The van der Waals surface area contributed by atoms with Crippen LogP contribution in [0, 0.1) is 5.92 Å². The molecule has 4 rings (SSSR count). The summed E-state index contributed by atoms with van der Waals surface area (Å²) in [5.41, 5.74) is 0.916. The lowest BCUT2D eigenvalue weighted by Gasteiger charge is -2.13. The summed E-state index contributed by atoms with van der Waals surface area (Å²) in [7, 11) is 0. The highest BCUT2D eigenvalue weighted by atomic mass is 16.5. The summed E-state index contributed by atoms with van der Waals surface area (Å²) in [5.74, 6) is 1.65. The van der Waals surface area contributed by atoms with Crippen molar-refractivity contribution < 1.29 is 9.32 Å². The molecule has 1 aromatic heterocycles. The van der Waals surface area contributed by atoms with E-state index < -0.39 is 0 Å². The van der Waals surface area contributed by atoms with E-state index >= 15 is 0 Å². The highest BCUT2D eigenvalue weighted by Crippen LogP contribution is 2.29. The summed E-state index contributed by atoms with van der Waals surface area (Å²) in [5, 5.41) is 7.04. The van der Waals surface area contributed by atoms with E-state index in [1.165, 1.54) is 0 Å². The molecule has 2 aromatic rings. The maximum Gasteiger partial charge on any atom is 0.266 e. The van der Waals surface area contributed by atoms with Crippen LogP contribution in [0.1, 0.15) is 6.42 Å². The van der Waals surface area contributed by atoms with Gasteiger partial charge in [0.05, 0.1) is 6.04 Å². The molecule has 0 spiro atoms. The van der Waals surface area contributed by atoms with Crippen molar-refractivity contribution in [2.75, 3.05) is 18.0 Å². The van der Waals surface area contributed by atoms with E-state index in [0.717, 1.165) is 18.7 Å². The van der Waals surface area contributed by atoms with Gasteiger partial charge in [0.25, 0.3) is 11.8 Å². The summed E-state index contributed by atoms with van der Waals surface area (Å²) in [4.78, 5) is 17.8. The molecule has 3 heterocycles. The van der Waals surface area contributed by atoms with Crippen LogP contribution in [0.2, 0.25) is 0 Å². The highest BCUT2D eigenvalue weighted by Gasteiger charge is 2.41. The monoisotopic (exact) mass is 270 g/mol. The quantitative estimate of drug-likeness (QED) is 0.883. The smallest absolute Gasteiger partial charge is 0.266 e. The minimum Gasteiger partial charge on any atom is -0.351 e. The fraction of sp³-hybridized carbons (Fsp3) is 0.357. The first-order chi connectivity index (χ1) is 9.79. The van der Waals surface area contributed by atoms with Crippen molar-refractivity contribution in [3.05, 3.63) is 30.3 Å². The third kappa shape index (κ3) is 1.84. The maximum atomic E-state index is 11.3. The molecule has 1 amide bonds. The Morgan fingerprint density at radius 2 is 2.10 bits per heavy atom. The van der Waals surface area contributed by atoms with Crippen LogP contribution >= 0.6 is 0 Å². The zero-order valence-corrected chi connectivity index (χ0v) is 10.8. The van der Waals surface area contributed by atoms with Crippen molar-refractivity contribution in [3.8, 4) is 11.5 Å². The first-order valence-corrected chi connectivity index (χ1v) is 6.73. The molecule has 2 saturated heterocycles. The lowest BCUT2D eigenvalue weighted by molar-refractivity contribution is -0.119. The second-order valence-electron chi connectivity index (χ2n) is 5.31. The number of rotatable bonds is 2. The Kier molecular flexibility index (Phi) is 2.48. The number of aromatic nitrogens is 2. The fourth-order valence-electron chi connectivity index (χ4n) is 2.95. The van der Waals surface area contributed by atoms with Gasteiger partial charge in [-0.25, -0.2) is 0 Å². The lowest BCUT2D eigenvalue weighted by atomic mass is 10.1. The predicted octanol–water partition coefficient (Wildman–Crippen LogP) is 1.06. The molecule has 102 valence electrons. The Balaban J connectivity index is 1.54. The summed E-state index contributed by atoms with van der Waals surface area (Å²) in [6, 6.07) is 9.93. The number of anilines is 1. The van der Waals surface area contributed by atoms with Gasteiger partial charge in [0.15, 0.2) is 0 Å². The number of nitrogens with one attached hydrogen (secondary N) is 1. The van der Waals surface area contributed by atoms with Crippen LogP contribution in [0.4, 0.5) is 5.95 Å².